The number of rotatable bonds is 5. The molecule has 28 heavy (non-hydrogen) atoms. The Labute approximate surface area is 170 Å². The summed E-state index contributed by atoms with van der Waals surface area (Å²) in [6, 6.07) is 16.9. The summed E-state index contributed by atoms with van der Waals surface area (Å²) in [5.41, 5.74) is 6.87. The average molecular weight is 392 g/mol. The van der Waals surface area contributed by atoms with Gasteiger partial charge in [0.1, 0.15) is 0 Å². The molecule has 0 spiro atoms. The van der Waals surface area contributed by atoms with E-state index in [1.807, 2.05) is 6.07 Å². The van der Waals surface area contributed by atoms with E-state index in [1.165, 1.54) is 22.3 Å². The second-order valence-electron chi connectivity index (χ2n) is 7.46. The van der Waals surface area contributed by atoms with Crippen LogP contribution in [0.15, 0.2) is 58.5 Å². The van der Waals surface area contributed by atoms with E-state index in [2.05, 4.69) is 66.2 Å². The predicted molar refractivity (Wildman–Crippen MR) is 115 cm³/mol. The van der Waals surface area contributed by atoms with Crippen LogP contribution in [0.2, 0.25) is 0 Å². The van der Waals surface area contributed by atoms with Crippen molar-refractivity contribution in [1.29, 1.82) is 0 Å². The van der Waals surface area contributed by atoms with E-state index in [9.17, 15) is 4.79 Å². The fourth-order valence-electron chi connectivity index (χ4n) is 3.60. The molecule has 0 fully saturated rings. The number of benzene rings is 2. The summed E-state index contributed by atoms with van der Waals surface area (Å²) >= 11 is 1.61. The monoisotopic (exact) mass is 391 g/mol. The van der Waals surface area contributed by atoms with Gasteiger partial charge < -0.3 is 4.98 Å². The number of thioether (sulfide) groups is 1. The van der Waals surface area contributed by atoms with Gasteiger partial charge in [0.25, 0.3) is 5.56 Å². The number of hydrogen-bond donors (Lipinski definition) is 1. The van der Waals surface area contributed by atoms with Gasteiger partial charge >= 0.3 is 0 Å². The standard InChI is InChI=1S/C23H25N3OS/c1-16-8-9-17(2)19(12-16)15-28-23-24-21-10-11-26(14-20(21)22(27)25-23)13-18-6-4-3-5-7-18/h3-9,12H,10-11,13-15H2,1-2H3,(H,24,25,27). The van der Waals surface area contributed by atoms with Crippen molar-refractivity contribution in [3.63, 3.8) is 0 Å². The van der Waals surface area contributed by atoms with Gasteiger partial charge in [-0.25, -0.2) is 4.98 Å². The summed E-state index contributed by atoms with van der Waals surface area (Å²) in [6.45, 7) is 6.68. The van der Waals surface area contributed by atoms with Crippen LogP contribution in [-0.4, -0.2) is 21.4 Å². The van der Waals surface area contributed by atoms with Crippen molar-refractivity contribution in [2.45, 2.75) is 44.3 Å². The lowest BCUT2D eigenvalue weighted by molar-refractivity contribution is 0.241. The first kappa shape index (κ1) is 19.0. The lowest BCUT2D eigenvalue weighted by Crippen LogP contribution is -2.35. The highest BCUT2D eigenvalue weighted by molar-refractivity contribution is 7.98. The maximum absolute atomic E-state index is 12.7. The Morgan fingerprint density at radius 1 is 1.14 bits per heavy atom. The number of nitrogens with zero attached hydrogens (tertiary/aromatic N) is 2. The summed E-state index contributed by atoms with van der Waals surface area (Å²) in [4.78, 5) is 22.8. The summed E-state index contributed by atoms with van der Waals surface area (Å²) < 4.78 is 0. The van der Waals surface area contributed by atoms with E-state index in [0.29, 0.717) is 6.54 Å². The van der Waals surface area contributed by atoms with Crippen LogP contribution in [0.1, 0.15) is 33.5 Å². The van der Waals surface area contributed by atoms with E-state index in [0.717, 1.165) is 41.7 Å². The number of nitrogens with one attached hydrogen (secondary N) is 1. The van der Waals surface area contributed by atoms with Crippen molar-refractivity contribution in [2.75, 3.05) is 6.54 Å². The Bertz CT molecular complexity index is 1030. The number of aryl methyl sites for hydroxylation is 2. The Hall–Kier alpha value is -2.37. The molecule has 0 saturated heterocycles. The fourth-order valence-corrected chi connectivity index (χ4v) is 4.55. The van der Waals surface area contributed by atoms with Crippen LogP contribution < -0.4 is 5.56 Å². The molecule has 0 atom stereocenters. The van der Waals surface area contributed by atoms with Crippen molar-refractivity contribution in [3.05, 3.63) is 92.4 Å². The van der Waals surface area contributed by atoms with Crippen LogP contribution in [0.5, 0.6) is 0 Å². The molecule has 0 saturated carbocycles. The van der Waals surface area contributed by atoms with Gasteiger partial charge in [-0.05, 0) is 30.5 Å². The topological polar surface area (TPSA) is 49.0 Å². The maximum Gasteiger partial charge on any atom is 0.256 e. The molecule has 3 aromatic rings. The molecule has 1 N–H and O–H groups in total. The Balaban J connectivity index is 1.47. The highest BCUT2D eigenvalue weighted by Crippen LogP contribution is 2.24. The predicted octanol–water partition coefficient (Wildman–Crippen LogP) is 4.24. The number of hydrogen-bond acceptors (Lipinski definition) is 4. The molecular weight excluding hydrogens is 366 g/mol. The van der Waals surface area contributed by atoms with Gasteiger partial charge in [0.2, 0.25) is 0 Å². The molecular formula is C23H25N3OS. The fraction of sp³-hybridized carbons (Fsp3) is 0.304. The van der Waals surface area contributed by atoms with Crippen LogP contribution in [-0.2, 0) is 25.3 Å². The Morgan fingerprint density at radius 3 is 2.79 bits per heavy atom. The van der Waals surface area contributed by atoms with Crippen LogP contribution >= 0.6 is 11.8 Å². The average Bonchev–Trinajstić information content (AvgIpc) is 2.70. The second kappa shape index (κ2) is 8.33. The van der Waals surface area contributed by atoms with E-state index < -0.39 is 0 Å². The first-order chi connectivity index (χ1) is 13.6. The first-order valence-corrected chi connectivity index (χ1v) is 10.6. The van der Waals surface area contributed by atoms with Gasteiger partial charge in [0.05, 0.1) is 11.3 Å². The normalized spacial score (nSPS) is 14.1. The smallest absolute Gasteiger partial charge is 0.256 e. The van der Waals surface area contributed by atoms with Gasteiger partial charge in [-0.1, -0.05) is 65.9 Å². The molecule has 2 aromatic carbocycles. The molecule has 4 nitrogen and oxygen atoms in total. The summed E-state index contributed by atoms with van der Waals surface area (Å²) in [5, 5.41) is 0.723. The molecule has 144 valence electrons. The van der Waals surface area contributed by atoms with Gasteiger partial charge in [-0.2, -0.15) is 0 Å². The molecule has 1 aliphatic rings. The SMILES string of the molecule is Cc1ccc(C)c(CSc2nc3c(c(=O)[nH]2)CN(Cc2ccccc2)CC3)c1. The highest BCUT2D eigenvalue weighted by atomic mass is 32.2. The molecule has 0 bridgehead atoms. The zero-order valence-corrected chi connectivity index (χ0v) is 17.2. The van der Waals surface area contributed by atoms with E-state index in [1.54, 1.807) is 11.8 Å². The first-order valence-electron chi connectivity index (χ1n) is 9.66. The molecule has 2 heterocycles. The molecule has 5 heteroatoms. The number of H-pyrrole nitrogens is 1. The van der Waals surface area contributed by atoms with Crippen LogP contribution in [0, 0.1) is 13.8 Å². The van der Waals surface area contributed by atoms with Gasteiger partial charge in [-0.15, -0.1) is 0 Å². The van der Waals surface area contributed by atoms with Crippen LogP contribution in [0.4, 0.5) is 0 Å². The number of aromatic amines is 1. The Kier molecular flexibility index (Phi) is 5.64. The molecule has 0 aliphatic carbocycles. The van der Waals surface area contributed by atoms with Crippen molar-refractivity contribution >= 4 is 11.8 Å². The third-order valence-corrected chi connectivity index (χ3v) is 6.17. The van der Waals surface area contributed by atoms with Crippen molar-refractivity contribution in [1.82, 2.24) is 14.9 Å². The molecule has 0 amide bonds. The third-order valence-electron chi connectivity index (χ3n) is 5.24. The van der Waals surface area contributed by atoms with Crippen LogP contribution in [0.25, 0.3) is 0 Å². The minimum Gasteiger partial charge on any atom is -0.301 e. The summed E-state index contributed by atoms with van der Waals surface area (Å²) in [7, 11) is 0. The second-order valence-corrected chi connectivity index (χ2v) is 8.43. The highest BCUT2D eigenvalue weighted by Gasteiger charge is 2.21. The van der Waals surface area contributed by atoms with E-state index in [4.69, 9.17) is 4.98 Å². The molecule has 0 unspecified atom stereocenters. The number of aromatic nitrogens is 2. The van der Waals surface area contributed by atoms with Crippen molar-refractivity contribution < 1.29 is 0 Å². The summed E-state index contributed by atoms with van der Waals surface area (Å²) in [6.07, 6.45) is 0.823. The summed E-state index contributed by atoms with van der Waals surface area (Å²) in [5.74, 6) is 0.815. The third kappa shape index (κ3) is 4.37. The number of fused-ring (bicyclic) bond motifs is 1. The van der Waals surface area contributed by atoms with E-state index >= 15 is 0 Å². The zero-order chi connectivity index (χ0) is 19.5. The van der Waals surface area contributed by atoms with Crippen LogP contribution in [0.3, 0.4) is 0 Å². The lowest BCUT2D eigenvalue weighted by atomic mass is 10.1. The van der Waals surface area contributed by atoms with Gasteiger partial charge in [-0.3, -0.25) is 9.69 Å². The zero-order valence-electron chi connectivity index (χ0n) is 16.4. The lowest BCUT2D eigenvalue weighted by Gasteiger charge is -2.27. The molecule has 1 aliphatic heterocycles. The van der Waals surface area contributed by atoms with Crippen molar-refractivity contribution in [2.24, 2.45) is 0 Å². The minimum atomic E-state index is 0.00576. The Morgan fingerprint density at radius 2 is 1.96 bits per heavy atom. The maximum atomic E-state index is 12.7. The quantitative estimate of drug-likeness (QED) is 0.522. The molecule has 1 aromatic heterocycles. The van der Waals surface area contributed by atoms with Crippen molar-refractivity contribution in [3.8, 4) is 0 Å². The molecule has 4 rings (SSSR count). The minimum absolute atomic E-state index is 0.00576. The largest absolute Gasteiger partial charge is 0.301 e. The van der Waals surface area contributed by atoms with Gasteiger partial charge in [0, 0.05) is 31.8 Å². The van der Waals surface area contributed by atoms with Gasteiger partial charge in [0.15, 0.2) is 5.16 Å². The van der Waals surface area contributed by atoms with E-state index in [-0.39, 0.29) is 5.56 Å². The molecule has 0 radical (unpaired) electrons.